The first-order valence-corrected chi connectivity index (χ1v) is 6.66. The van der Waals surface area contributed by atoms with Crippen LogP contribution >= 0.6 is 0 Å². The maximum Gasteiger partial charge on any atom is 0.248 e. The molecule has 1 saturated carbocycles. The summed E-state index contributed by atoms with van der Waals surface area (Å²) in [4.78, 5) is 0. The monoisotopic (exact) mass is 269 g/mol. The van der Waals surface area contributed by atoms with Crippen LogP contribution in [-0.2, 0) is 5.41 Å². The molecule has 2 N–H and O–H groups in total. The average molecular weight is 269 g/mol. The Balaban J connectivity index is 2.40. The van der Waals surface area contributed by atoms with Crippen LogP contribution in [0, 0.1) is 6.92 Å². The van der Waals surface area contributed by atoms with Crippen LogP contribution < -0.4 is 10.5 Å². The van der Waals surface area contributed by atoms with E-state index in [9.17, 15) is 8.78 Å². The van der Waals surface area contributed by atoms with E-state index < -0.39 is 5.92 Å². The summed E-state index contributed by atoms with van der Waals surface area (Å²) in [5.74, 6) is -1.76. The average Bonchev–Trinajstić information content (AvgIpc) is 2.39. The van der Waals surface area contributed by atoms with E-state index in [1.165, 1.54) is 0 Å². The van der Waals surface area contributed by atoms with E-state index in [0.717, 1.165) is 16.9 Å². The highest BCUT2D eigenvalue weighted by molar-refractivity contribution is 5.46. The lowest BCUT2D eigenvalue weighted by molar-refractivity contribution is -0.0511. The van der Waals surface area contributed by atoms with Crippen molar-refractivity contribution in [1.82, 2.24) is 0 Å². The second-order valence-electron chi connectivity index (χ2n) is 5.50. The molecule has 1 aromatic carbocycles. The van der Waals surface area contributed by atoms with Gasteiger partial charge in [0.15, 0.2) is 0 Å². The fourth-order valence-electron chi connectivity index (χ4n) is 3.02. The Morgan fingerprint density at radius 3 is 2.37 bits per heavy atom. The van der Waals surface area contributed by atoms with E-state index in [0.29, 0.717) is 19.4 Å². The standard InChI is InChI=1S/C15H21F2NO/c1-11-4-3-5-12(13(11)19-2)14(10-18)6-8-15(16,17)9-7-14/h3-5H,6-10,18H2,1-2H3. The molecule has 19 heavy (non-hydrogen) atoms. The molecule has 0 bridgehead atoms. The van der Waals surface area contributed by atoms with Crippen molar-refractivity contribution in [3.63, 3.8) is 0 Å². The maximum atomic E-state index is 13.4. The molecule has 0 saturated heterocycles. The van der Waals surface area contributed by atoms with Crippen molar-refractivity contribution in [2.24, 2.45) is 5.73 Å². The number of aryl methyl sites for hydroxylation is 1. The zero-order chi connectivity index (χ0) is 14.1. The molecular weight excluding hydrogens is 248 g/mol. The molecule has 1 fully saturated rings. The first-order chi connectivity index (χ1) is 8.94. The summed E-state index contributed by atoms with van der Waals surface area (Å²) in [7, 11) is 1.62. The molecule has 1 aromatic rings. The zero-order valence-electron chi connectivity index (χ0n) is 11.5. The van der Waals surface area contributed by atoms with Gasteiger partial charge in [0, 0.05) is 30.4 Å². The van der Waals surface area contributed by atoms with E-state index in [-0.39, 0.29) is 18.3 Å². The van der Waals surface area contributed by atoms with Gasteiger partial charge in [0.25, 0.3) is 0 Å². The summed E-state index contributed by atoms with van der Waals surface area (Å²) >= 11 is 0. The molecule has 0 heterocycles. The highest BCUT2D eigenvalue weighted by Crippen LogP contribution is 2.47. The van der Waals surface area contributed by atoms with Gasteiger partial charge in [-0.1, -0.05) is 18.2 Å². The number of hydrogen-bond acceptors (Lipinski definition) is 2. The third-order valence-corrected chi connectivity index (χ3v) is 4.32. The predicted octanol–water partition coefficient (Wildman–Crippen LogP) is 3.41. The highest BCUT2D eigenvalue weighted by Gasteiger charge is 2.44. The third kappa shape index (κ3) is 2.59. The van der Waals surface area contributed by atoms with Crippen molar-refractivity contribution in [2.75, 3.05) is 13.7 Å². The minimum Gasteiger partial charge on any atom is -0.496 e. The van der Waals surface area contributed by atoms with Gasteiger partial charge in [-0.05, 0) is 25.3 Å². The molecule has 0 aliphatic heterocycles. The Morgan fingerprint density at radius 1 is 1.21 bits per heavy atom. The van der Waals surface area contributed by atoms with Crippen LogP contribution in [-0.4, -0.2) is 19.6 Å². The number of para-hydroxylation sites is 1. The lowest BCUT2D eigenvalue weighted by Gasteiger charge is -2.40. The largest absolute Gasteiger partial charge is 0.496 e. The van der Waals surface area contributed by atoms with Crippen molar-refractivity contribution in [1.29, 1.82) is 0 Å². The smallest absolute Gasteiger partial charge is 0.248 e. The molecule has 0 spiro atoms. The lowest BCUT2D eigenvalue weighted by Crippen LogP contribution is -2.42. The summed E-state index contributed by atoms with van der Waals surface area (Å²) in [6, 6.07) is 5.86. The number of halogens is 2. The fraction of sp³-hybridized carbons (Fsp3) is 0.600. The second-order valence-corrected chi connectivity index (χ2v) is 5.50. The third-order valence-electron chi connectivity index (χ3n) is 4.32. The van der Waals surface area contributed by atoms with Crippen LogP contribution in [0.5, 0.6) is 5.75 Å². The van der Waals surface area contributed by atoms with Gasteiger partial charge < -0.3 is 10.5 Å². The molecule has 2 rings (SSSR count). The van der Waals surface area contributed by atoms with Crippen molar-refractivity contribution < 1.29 is 13.5 Å². The summed E-state index contributed by atoms with van der Waals surface area (Å²) < 4.78 is 32.2. The first kappa shape index (κ1) is 14.3. The topological polar surface area (TPSA) is 35.2 Å². The van der Waals surface area contributed by atoms with Crippen molar-refractivity contribution in [3.05, 3.63) is 29.3 Å². The van der Waals surface area contributed by atoms with Crippen molar-refractivity contribution in [2.45, 2.75) is 43.9 Å². The van der Waals surface area contributed by atoms with Gasteiger partial charge in [-0.15, -0.1) is 0 Å². The molecular formula is C15H21F2NO. The number of rotatable bonds is 3. The maximum absolute atomic E-state index is 13.4. The van der Waals surface area contributed by atoms with Gasteiger partial charge in [0.05, 0.1) is 7.11 Å². The van der Waals surface area contributed by atoms with E-state index >= 15 is 0 Å². The number of nitrogens with two attached hydrogens (primary N) is 1. The van der Waals surface area contributed by atoms with E-state index in [4.69, 9.17) is 10.5 Å². The first-order valence-electron chi connectivity index (χ1n) is 6.66. The van der Waals surface area contributed by atoms with Gasteiger partial charge in [0.2, 0.25) is 5.92 Å². The van der Waals surface area contributed by atoms with Crippen molar-refractivity contribution in [3.8, 4) is 5.75 Å². The van der Waals surface area contributed by atoms with Gasteiger partial charge in [0.1, 0.15) is 5.75 Å². The normalized spacial score (nSPS) is 21.1. The Morgan fingerprint density at radius 2 is 1.84 bits per heavy atom. The quantitative estimate of drug-likeness (QED) is 0.912. The van der Waals surface area contributed by atoms with Gasteiger partial charge >= 0.3 is 0 Å². The predicted molar refractivity (Wildman–Crippen MR) is 71.9 cm³/mol. The van der Waals surface area contributed by atoms with Crippen LogP contribution in [0.3, 0.4) is 0 Å². The fourth-order valence-corrected chi connectivity index (χ4v) is 3.02. The van der Waals surface area contributed by atoms with Gasteiger partial charge in [-0.3, -0.25) is 0 Å². The van der Waals surface area contributed by atoms with E-state index in [1.807, 2.05) is 25.1 Å². The second kappa shape index (κ2) is 5.08. The van der Waals surface area contributed by atoms with E-state index in [2.05, 4.69) is 0 Å². The molecule has 4 heteroatoms. The van der Waals surface area contributed by atoms with Gasteiger partial charge in [-0.2, -0.15) is 0 Å². The summed E-state index contributed by atoms with van der Waals surface area (Å²) in [6.45, 7) is 2.34. The molecule has 0 amide bonds. The molecule has 0 aromatic heterocycles. The number of methoxy groups -OCH3 is 1. The number of hydrogen-bond donors (Lipinski definition) is 1. The van der Waals surface area contributed by atoms with Crippen LogP contribution in [0.4, 0.5) is 8.78 Å². The Labute approximate surface area is 112 Å². The highest BCUT2D eigenvalue weighted by atomic mass is 19.3. The number of alkyl halides is 2. The molecule has 0 unspecified atom stereocenters. The molecule has 106 valence electrons. The Kier molecular flexibility index (Phi) is 3.81. The van der Waals surface area contributed by atoms with Crippen LogP contribution in [0.25, 0.3) is 0 Å². The minimum atomic E-state index is -2.55. The summed E-state index contributed by atoms with van der Waals surface area (Å²) in [6.07, 6.45) is 0.634. The Bertz CT molecular complexity index is 449. The molecule has 2 nitrogen and oxygen atoms in total. The molecule has 0 radical (unpaired) electrons. The van der Waals surface area contributed by atoms with E-state index in [1.54, 1.807) is 7.11 Å². The van der Waals surface area contributed by atoms with Gasteiger partial charge in [-0.25, -0.2) is 8.78 Å². The molecule has 1 aliphatic carbocycles. The van der Waals surface area contributed by atoms with Crippen LogP contribution in [0.15, 0.2) is 18.2 Å². The molecule has 0 atom stereocenters. The zero-order valence-corrected chi connectivity index (χ0v) is 11.5. The number of ether oxygens (including phenoxy) is 1. The van der Waals surface area contributed by atoms with Crippen LogP contribution in [0.1, 0.15) is 36.8 Å². The van der Waals surface area contributed by atoms with Crippen LogP contribution in [0.2, 0.25) is 0 Å². The summed E-state index contributed by atoms with van der Waals surface area (Å²) in [5.41, 5.74) is 7.55. The SMILES string of the molecule is COc1c(C)cccc1C1(CN)CCC(F)(F)CC1. The Hall–Kier alpha value is -1.16. The summed E-state index contributed by atoms with van der Waals surface area (Å²) in [5, 5.41) is 0. The molecule has 1 aliphatic rings. The number of benzene rings is 1. The lowest BCUT2D eigenvalue weighted by atomic mass is 9.68. The minimum absolute atomic E-state index is 0.0959. The van der Waals surface area contributed by atoms with Crippen molar-refractivity contribution >= 4 is 0 Å².